The Labute approximate surface area is 156 Å². The van der Waals surface area contributed by atoms with Gasteiger partial charge in [-0.15, -0.1) is 24.0 Å². The van der Waals surface area contributed by atoms with Crippen molar-refractivity contribution in [3.8, 4) is 0 Å². The Hall–Kier alpha value is -0.860. The van der Waals surface area contributed by atoms with Crippen LogP contribution in [0, 0.1) is 0 Å². The molecule has 1 atom stereocenters. The van der Waals surface area contributed by atoms with Crippen LogP contribution in [0.25, 0.3) is 0 Å². The first-order valence-electron chi connectivity index (χ1n) is 7.99. The molecule has 6 heteroatoms. The third-order valence-electron chi connectivity index (χ3n) is 3.41. The number of aliphatic imine (C=N–C) groups is 1. The van der Waals surface area contributed by atoms with Gasteiger partial charge in [0.2, 0.25) is 0 Å². The monoisotopic (exact) mass is 435 g/mol. The second kappa shape index (κ2) is 14.7. The van der Waals surface area contributed by atoms with Gasteiger partial charge in [0, 0.05) is 32.7 Å². The van der Waals surface area contributed by atoms with Gasteiger partial charge in [-0.1, -0.05) is 43.7 Å². The predicted molar refractivity (Wildman–Crippen MR) is 107 cm³/mol. The summed E-state index contributed by atoms with van der Waals surface area (Å²) in [6.07, 6.45) is 2.25. The average molecular weight is 435 g/mol. The van der Waals surface area contributed by atoms with E-state index in [1.54, 1.807) is 7.05 Å². The standard InChI is InChI=1S/C17H29N3O2.HI/c1-3-4-11-22-12-10-19-17(18-2)20-13-16(14-21)15-8-6-5-7-9-15;/h5-9,16,21H,3-4,10-14H2,1-2H3,(H2,18,19,20);1H. The molecule has 132 valence electrons. The SMILES string of the molecule is CCCCOCCNC(=NC)NCC(CO)c1ccccc1.I. The largest absolute Gasteiger partial charge is 0.396 e. The highest BCUT2D eigenvalue weighted by molar-refractivity contribution is 14.0. The fourth-order valence-corrected chi connectivity index (χ4v) is 2.04. The molecule has 23 heavy (non-hydrogen) atoms. The van der Waals surface area contributed by atoms with E-state index in [4.69, 9.17) is 4.74 Å². The third-order valence-corrected chi connectivity index (χ3v) is 3.41. The summed E-state index contributed by atoms with van der Waals surface area (Å²) in [6.45, 7) is 5.09. The maximum absolute atomic E-state index is 9.54. The first kappa shape index (κ1) is 22.1. The van der Waals surface area contributed by atoms with Crippen LogP contribution < -0.4 is 10.6 Å². The van der Waals surface area contributed by atoms with Crippen molar-refractivity contribution in [3.63, 3.8) is 0 Å². The maximum Gasteiger partial charge on any atom is 0.191 e. The fraction of sp³-hybridized carbons (Fsp3) is 0.588. The van der Waals surface area contributed by atoms with Gasteiger partial charge in [-0.25, -0.2) is 0 Å². The number of ether oxygens (including phenoxy) is 1. The molecule has 0 amide bonds. The first-order chi connectivity index (χ1) is 10.8. The number of unbranched alkanes of at least 4 members (excludes halogenated alkanes) is 1. The molecule has 0 spiro atoms. The summed E-state index contributed by atoms with van der Waals surface area (Å²) in [6, 6.07) is 10.0. The molecule has 0 heterocycles. The van der Waals surface area contributed by atoms with E-state index in [-0.39, 0.29) is 36.5 Å². The smallest absolute Gasteiger partial charge is 0.191 e. The molecular formula is C17H30IN3O2. The number of nitrogens with one attached hydrogen (secondary N) is 2. The van der Waals surface area contributed by atoms with Gasteiger partial charge in [-0.2, -0.15) is 0 Å². The lowest BCUT2D eigenvalue weighted by Crippen LogP contribution is -2.41. The molecule has 1 aromatic carbocycles. The minimum absolute atomic E-state index is 0. The van der Waals surface area contributed by atoms with Gasteiger partial charge in [0.1, 0.15) is 0 Å². The summed E-state index contributed by atoms with van der Waals surface area (Å²) in [7, 11) is 1.74. The van der Waals surface area contributed by atoms with Crippen molar-refractivity contribution < 1.29 is 9.84 Å². The van der Waals surface area contributed by atoms with Gasteiger partial charge in [-0.05, 0) is 12.0 Å². The highest BCUT2D eigenvalue weighted by atomic mass is 127. The van der Waals surface area contributed by atoms with E-state index in [9.17, 15) is 5.11 Å². The molecule has 0 aliphatic rings. The molecule has 1 unspecified atom stereocenters. The molecule has 0 saturated heterocycles. The Morgan fingerprint density at radius 1 is 1.22 bits per heavy atom. The van der Waals surface area contributed by atoms with E-state index in [0.29, 0.717) is 13.2 Å². The molecular weight excluding hydrogens is 405 g/mol. The zero-order chi connectivity index (χ0) is 16.0. The van der Waals surface area contributed by atoms with Gasteiger partial charge >= 0.3 is 0 Å². The van der Waals surface area contributed by atoms with Crippen molar-refractivity contribution in [1.29, 1.82) is 0 Å². The topological polar surface area (TPSA) is 65.9 Å². The van der Waals surface area contributed by atoms with Gasteiger partial charge in [0.15, 0.2) is 5.96 Å². The first-order valence-corrected chi connectivity index (χ1v) is 7.99. The Balaban J connectivity index is 0.00000484. The summed E-state index contributed by atoms with van der Waals surface area (Å²) < 4.78 is 5.50. The second-order valence-corrected chi connectivity index (χ2v) is 5.14. The quantitative estimate of drug-likeness (QED) is 0.229. The highest BCUT2D eigenvalue weighted by Gasteiger charge is 2.10. The van der Waals surface area contributed by atoms with E-state index in [0.717, 1.165) is 37.5 Å². The van der Waals surface area contributed by atoms with E-state index >= 15 is 0 Å². The lowest BCUT2D eigenvalue weighted by Gasteiger charge is -2.18. The highest BCUT2D eigenvalue weighted by Crippen LogP contribution is 2.13. The lowest BCUT2D eigenvalue weighted by atomic mass is 10.0. The number of aliphatic hydroxyl groups is 1. The number of benzene rings is 1. The van der Waals surface area contributed by atoms with Gasteiger partial charge in [0.05, 0.1) is 13.2 Å². The predicted octanol–water partition coefficient (Wildman–Crippen LogP) is 2.36. The Bertz CT molecular complexity index is 416. The maximum atomic E-state index is 9.54. The zero-order valence-electron chi connectivity index (χ0n) is 14.1. The third kappa shape index (κ3) is 9.78. The summed E-state index contributed by atoms with van der Waals surface area (Å²) in [5, 5.41) is 16.0. The van der Waals surface area contributed by atoms with Crippen LogP contribution in [0.3, 0.4) is 0 Å². The number of rotatable bonds is 10. The van der Waals surface area contributed by atoms with Gasteiger partial charge in [0.25, 0.3) is 0 Å². The van der Waals surface area contributed by atoms with E-state index < -0.39 is 0 Å². The van der Waals surface area contributed by atoms with E-state index in [2.05, 4.69) is 22.5 Å². The molecule has 3 N–H and O–H groups in total. The second-order valence-electron chi connectivity index (χ2n) is 5.14. The molecule has 0 aliphatic heterocycles. The summed E-state index contributed by atoms with van der Waals surface area (Å²) in [5.74, 6) is 0.786. The number of nitrogens with zero attached hydrogens (tertiary/aromatic N) is 1. The zero-order valence-corrected chi connectivity index (χ0v) is 16.5. The number of hydrogen-bond acceptors (Lipinski definition) is 3. The van der Waals surface area contributed by atoms with Crippen molar-refractivity contribution >= 4 is 29.9 Å². The molecule has 1 aromatic rings. The molecule has 0 saturated carbocycles. The van der Waals surface area contributed by atoms with Crippen LogP contribution in [-0.4, -0.2) is 51.0 Å². The molecule has 0 radical (unpaired) electrons. The van der Waals surface area contributed by atoms with Gasteiger partial charge < -0.3 is 20.5 Å². The number of hydrogen-bond donors (Lipinski definition) is 3. The molecule has 0 bridgehead atoms. The van der Waals surface area contributed by atoms with Crippen LogP contribution in [0.15, 0.2) is 35.3 Å². The Morgan fingerprint density at radius 3 is 2.57 bits per heavy atom. The minimum Gasteiger partial charge on any atom is -0.396 e. The summed E-state index contributed by atoms with van der Waals surface area (Å²) >= 11 is 0. The minimum atomic E-state index is 0. The summed E-state index contributed by atoms with van der Waals surface area (Å²) in [5.41, 5.74) is 1.12. The van der Waals surface area contributed by atoms with Crippen LogP contribution >= 0.6 is 24.0 Å². The van der Waals surface area contributed by atoms with E-state index in [1.807, 2.05) is 30.3 Å². The van der Waals surface area contributed by atoms with Crippen molar-refractivity contribution in [1.82, 2.24) is 10.6 Å². The number of guanidine groups is 1. The number of aliphatic hydroxyl groups excluding tert-OH is 1. The van der Waals surface area contributed by atoms with Crippen molar-refractivity contribution in [2.45, 2.75) is 25.7 Å². The molecule has 1 rings (SSSR count). The van der Waals surface area contributed by atoms with Crippen molar-refractivity contribution in [3.05, 3.63) is 35.9 Å². The average Bonchev–Trinajstić information content (AvgIpc) is 2.57. The lowest BCUT2D eigenvalue weighted by molar-refractivity contribution is 0.136. The Morgan fingerprint density at radius 2 is 1.96 bits per heavy atom. The Kier molecular flexibility index (Phi) is 14.2. The molecule has 5 nitrogen and oxygen atoms in total. The van der Waals surface area contributed by atoms with Crippen LogP contribution in [-0.2, 0) is 4.74 Å². The fourth-order valence-electron chi connectivity index (χ4n) is 2.04. The van der Waals surface area contributed by atoms with Crippen LogP contribution in [0.2, 0.25) is 0 Å². The van der Waals surface area contributed by atoms with Gasteiger partial charge in [-0.3, -0.25) is 4.99 Å². The number of halogens is 1. The van der Waals surface area contributed by atoms with Crippen LogP contribution in [0.1, 0.15) is 31.2 Å². The molecule has 0 aromatic heterocycles. The molecule has 0 fully saturated rings. The molecule has 0 aliphatic carbocycles. The normalized spacial score (nSPS) is 12.4. The van der Waals surface area contributed by atoms with Crippen molar-refractivity contribution in [2.24, 2.45) is 4.99 Å². The van der Waals surface area contributed by atoms with E-state index in [1.165, 1.54) is 0 Å². The van der Waals surface area contributed by atoms with Crippen molar-refractivity contribution in [2.75, 3.05) is 40.0 Å². The van der Waals surface area contributed by atoms with Crippen LogP contribution in [0.4, 0.5) is 0 Å². The summed E-state index contributed by atoms with van der Waals surface area (Å²) in [4.78, 5) is 4.18. The van der Waals surface area contributed by atoms with Crippen LogP contribution in [0.5, 0.6) is 0 Å².